The van der Waals surface area contributed by atoms with E-state index in [0.29, 0.717) is 6.42 Å². The standard InChI is InChI=1S/C38H69NO13/c1-15-26-38(10,45)31(42)21(4)28(40)19(2)17-37(9,47-14)33(52-35-29(41)25(39(11)12)16-20(3)48-35)22(5)30(23(6)34(44)50-26)51-27-18-36(8,46-13)32(43)24(7)49-27/h19-27,29-33,35,41-43,45H,15-18H2,1-14H3/t19-,20?,21+,22+,23-,24?,25?,26-,27+,29+,30+,31-,32+,33-,35+,36?,37-,38-/m1/s1. The molecule has 14 nitrogen and oxygen atoms in total. The van der Waals surface area contributed by atoms with Crippen molar-refractivity contribution in [3.63, 3.8) is 0 Å². The Morgan fingerprint density at radius 2 is 1.44 bits per heavy atom. The summed E-state index contributed by atoms with van der Waals surface area (Å²) >= 11 is 0. The van der Waals surface area contributed by atoms with Crippen LogP contribution in [0.3, 0.4) is 0 Å². The monoisotopic (exact) mass is 747 g/mol. The summed E-state index contributed by atoms with van der Waals surface area (Å²) in [5.41, 5.74) is -4.24. The van der Waals surface area contributed by atoms with Gasteiger partial charge in [0.1, 0.15) is 29.7 Å². The Kier molecular flexibility index (Phi) is 15.3. The molecule has 3 fully saturated rings. The molecule has 3 heterocycles. The smallest absolute Gasteiger partial charge is 0.311 e. The second-order valence-electron chi connectivity index (χ2n) is 16.6. The maximum Gasteiger partial charge on any atom is 0.311 e. The molecule has 0 aliphatic carbocycles. The number of likely N-dealkylation sites (N-methyl/N-ethyl adjacent to an activating group) is 1. The molecule has 0 saturated carbocycles. The molecule has 14 heteroatoms. The minimum absolute atomic E-state index is 0.111. The van der Waals surface area contributed by atoms with Gasteiger partial charge in [-0.2, -0.15) is 0 Å². The van der Waals surface area contributed by atoms with Crippen LogP contribution < -0.4 is 0 Å². The number of rotatable bonds is 8. The molecule has 0 spiro atoms. The molecule has 0 aromatic rings. The van der Waals surface area contributed by atoms with Crippen molar-refractivity contribution in [2.75, 3.05) is 28.3 Å². The largest absolute Gasteiger partial charge is 0.459 e. The Hall–Kier alpha value is -1.30. The number of aliphatic hydroxyl groups is 4. The number of carbonyl (C=O) groups is 2. The van der Waals surface area contributed by atoms with Gasteiger partial charge < -0.3 is 58.5 Å². The van der Waals surface area contributed by atoms with Gasteiger partial charge in [0.05, 0.1) is 47.6 Å². The normalized spacial score (nSPS) is 49.0. The van der Waals surface area contributed by atoms with Crippen molar-refractivity contribution in [3.8, 4) is 0 Å². The molecule has 0 aromatic carbocycles. The summed E-state index contributed by atoms with van der Waals surface area (Å²) in [5.74, 6) is -4.47. The number of Topliss-reactive ketones (excluding diaryl/α,β-unsaturated/α-hetero) is 1. The first kappa shape index (κ1) is 45.1. The van der Waals surface area contributed by atoms with E-state index in [2.05, 4.69) is 0 Å². The van der Waals surface area contributed by atoms with Crippen LogP contribution >= 0.6 is 0 Å². The van der Waals surface area contributed by atoms with Gasteiger partial charge in [0.2, 0.25) is 0 Å². The van der Waals surface area contributed by atoms with Crippen LogP contribution in [0.1, 0.15) is 94.9 Å². The fourth-order valence-electron chi connectivity index (χ4n) is 8.58. The zero-order chi connectivity index (χ0) is 39.7. The lowest BCUT2D eigenvalue weighted by Gasteiger charge is -2.50. The van der Waals surface area contributed by atoms with Crippen molar-refractivity contribution in [2.45, 2.75) is 179 Å². The van der Waals surface area contributed by atoms with Crippen molar-refractivity contribution in [1.29, 1.82) is 0 Å². The first-order valence-corrected chi connectivity index (χ1v) is 18.9. The van der Waals surface area contributed by atoms with Crippen LogP contribution in [0, 0.1) is 23.7 Å². The lowest BCUT2D eigenvalue weighted by Crippen LogP contribution is -2.61. The molecule has 0 aromatic heterocycles. The fraction of sp³-hybridized carbons (Fsp3) is 0.947. The van der Waals surface area contributed by atoms with Gasteiger partial charge in [-0.3, -0.25) is 9.59 Å². The van der Waals surface area contributed by atoms with E-state index in [1.807, 2.05) is 32.8 Å². The minimum atomic E-state index is -1.96. The molecule has 4 N–H and O–H groups in total. The number of aliphatic hydroxyl groups excluding tert-OH is 3. The molecule has 0 radical (unpaired) electrons. The Morgan fingerprint density at radius 1 is 0.846 bits per heavy atom. The van der Waals surface area contributed by atoms with Gasteiger partial charge in [-0.1, -0.05) is 27.7 Å². The number of ether oxygens (including phenoxy) is 7. The van der Waals surface area contributed by atoms with E-state index >= 15 is 0 Å². The number of hydrogen-bond donors (Lipinski definition) is 4. The van der Waals surface area contributed by atoms with E-state index in [4.69, 9.17) is 33.2 Å². The number of carbonyl (C=O) groups excluding carboxylic acids is 2. The maximum absolute atomic E-state index is 14.2. The topological polar surface area (TPSA) is 183 Å². The highest BCUT2D eigenvalue weighted by Crippen LogP contribution is 2.41. The predicted octanol–water partition coefficient (Wildman–Crippen LogP) is 2.44. The molecule has 4 unspecified atom stereocenters. The summed E-state index contributed by atoms with van der Waals surface area (Å²) in [5, 5.41) is 45.6. The first-order chi connectivity index (χ1) is 24.0. The molecular formula is C38H69NO13. The quantitative estimate of drug-likeness (QED) is 0.266. The number of methoxy groups -OCH3 is 2. The summed E-state index contributed by atoms with van der Waals surface area (Å²) in [6.07, 6.45) is -8.73. The van der Waals surface area contributed by atoms with Gasteiger partial charge in [0.15, 0.2) is 12.6 Å². The lowest BCUT2D eigenvalue weighted by atomic mass is 9.74. The lowest BCUT2D eigenvalue weighted by molar-refractivity contribution is -0.319. The Bertz CT molecular complexity index is 1190. The van der Waals surface area contributed by atoms with Crippen molar-refractivity contribution >= 4 is 11.8 Å². The number of ketones is 1. The maximum atomic E-state index is 14.2. The first-order valence-electron chi connectivity index (χ1n) is 18.9. The highest BCUT2D eigenvalue weighted by molar-refractivity contribution is 5.83. The zero-order valence-electron chi connectivity index (χ0n) is 33.9. The SMILES string of the molecule is CC[C@H]1OC(=O)[C@H](C)[C@@H](O[C@H]2CC(C)(OC)[C@@H](O)C(C)O2)[C@H](C)[C@@H](O[C@@H]2OC(C)CC(N(C)C)[C@@H]2O)[C@](C)(OC)C[C@@H](C)C(=O)[C@H](C)[C@@H](O)[C@]1(C)O. The molecule has 52 heavy (non-hydrogen) atoms. The summed E-state index contributed by atoms with van der Waals surface area (Å²) in [7, 11) is 6.77. The van der Waals surface area contributed by atoms with E-state index in [-0.39, 0.29) is 37.2 Å². The molecule has 3 aliphatic heterocycles. The third-order valence-corrected chi connectivity index (χ3v) is 12.3. The zero-order valence-corrected chi connectivity index (χ0v) is 33.9. The Labute approximate surface area is 310 Å². The van der Waals surface area contributed by atoms with Crippen LogP contribution in [0.5, 0.6) is 0 Å². The summed E-state index contributed by atoms with van der Waals surface area (Å²) in [4.78, 5) is 30.1. The van der Waals surface area contributed by atoms with Crippen molar-refractivity contribution in [1.82, 2.24) is 4.90 Å². The molecule has 18 atom stereocenters. The van der Waals surface area contributed by atoms with Gasteiger partial charge in [-0.15, -0.1) is 0 Å². The molecule has 304 valence electrons. The highest BCUT2D eigenvalue weighted by Gasteiger charge is 2.54. The number of hydrogen-bond acceptors (Lipinski definition) is 14. The number of esters is 1. The van der Waals surface area contributed by atoms with Crippen LogP contribution in [0.15, 0.2) is 0 Å². The van der Waals surface area contributed by atoms with E-state index in [1.54, 1.807) is 48.5 Å². The van der Waals surface area contributed by atoms with Gasteiger partial charge in [0, 0.05) is 44.4 Å². The van der Waals surface area contributed by atoms with Crippen LogP contribution in [-0.2, 0) is 42.7 Å². The minimum Gasteiger partial charge on any atom is -0.459 e. The average Bonchev–Trinajstić information content (AvgIpc) is 3.09. The van der Waals surface area contributed by atoms with Crippen molar-refractivity contribution < 1.29 is 63.2 Å². The van der Waals surface area contributed by atoms with Gasteiger partial charge in [0.25, 0.3) is 0 Å². The second-order valence-corrected chi connectivity index (χ2v) is 16.6. The number of cyclic esters (lactones) is 1. The van der Waals surface area contributed by atoms with Crippen LogP contribution in [0.25, 0.3) is 0 Å². The predicted molar refractivity (Wildman–Crippen MR) is 191 cm³/mol. The summed E-state index contributed by atoms with van der Waals surface area (Å²) in [6.45, 7) is 17.1. The van der Waals surface area contributed by atoms with E-state index in [1.165, 1.54) is 21.1 Å². The van der Waals surface area contributed by atoms with E-state index < -0.39 is 102 Å². The second kappa shape index (κ2) is 17.7. The molecule has 0 bridgehead atoms. The van der Waals surface area contributed by atoms with E-state index in [0.717, 1.165) is 0 Å². The molecule has 3 saturated heterocycles. The van der Waals surface area contributed by atoms with Gasteiger partial charge in [-0.25, -0.2) is 0 Å². The van der Waals surface area contributed by atoms with Crippen LogP contribution in [0.2, 0.25) is 0 Å². The van der Waals surface area contributed by atoms with Gasteiger partial charge in [-0.05, 0) is 74.9 Å². The van der Waals surface area contributed by atoms with E-state index in [9.17, 15) is 30.0 Å². The average molecular weight is 748 g/mol. The Morgan fingerprint density at radius 3 is 1.98 bits per heavy atom. The molecule has 0 amide bonds. The van der Waals surface area contributed by atoms with Gasteiger partial charge >= 0.3 is 5.97 Å². The Balaban J connectivity index is 2.22. The third kappa shape index (κ3) is 9.38. The highest BCUT2D eigenvalue weighted by atomic mass is 16.7. The summed E-state index contributed by atoms with van der Waals surface area (Å²) in [6, 6.07) is -0.283. The molecular weight excluding hydrogens is 678 g/mol. The molecule has 3 aliphatic rings. The van der Waals surface area contributed by atoms with Crippen LogP contribution in [0.4, 0.5) is 0 Å². The summed E-state index contributed by atoms with van der Waals surface area (Å²) < 4.78 is 43.9. The molecule has 3 rings (SSSR count). The van der Waals surface area contributed by atoms with Crippen molar-refractivity contribution in [2.24, 2.45) is 23.7 Å². The third-order valence-electron chi connectivity index (χ3n) is 12.3. The van der Waals surface area contributed by atoms with Crippen LogP contribution in [-0.4, -0.2) is 150 Å². The number of nitrogens with zero attached hydrogens (tertiary/aromatic N) is 1. The van der Waals surface area contributed by atoms with Crippen molar-refractivity contribution in [3.05, 3.63) is 0 Å². The fourth-order valence-corrected chi connectivity index (χ4v) is 8.58.